The average molecular weight is 237 g/mol. The molecule has 7 heteroatoms. The number of non-ortho nitro benzene ring substituents is 1. The zero-order valence-corrected chi connectivity index (χ0v) is 9.25. The van der Waals surface area contributed by atoms with E-state index < -0.39 is 9.85 Å². The Balaban J connectivity index is 2.59. The SMILES string of the molecule is CN1CCc2c(cc([N+](=O)[O-])cc2[N+](=O)[O-])C1. The zero-order chi connectivity index (χ0) is 12.6. The number of rotatable bonds is 2. The summed E-state index contributed by atoms with van der Waals surface area (Å²) >= 11 is 0. The predicted molar refractivity (Wildman–Crippen MR) is 59.8 cm³/mol. The molecule has 2 rings (SSSR count). The Morgan fingerprint density at radius 1 is 1.24 bits per heavy atom. The fourth-order valence-corrected chi connectivity index (χ4v) is 2.07. The van der Waals surface area contributed by atoms with Gasteiger partial charge >= 0.3 is 0 Å². The van der Waals surface area contributed by atoms with Crippen LogP contribution >= 0.6 is 0 Å². The molecule has 0 radical (unpaired) electrons. The van der Waals surface area contributed by atoms with Crippen LogP contribution in [0.1, 0.15) is 11.1 Å². The number of nitro groups is 2. The van der Waals surface area contributed by atoms with Crippen molar-refractivity contribution in [2.75, 3.05) is 13.6 Å². The van der Waals surface area contributed by atoms with Crippen molar-refractivity contribution in [3.8, 4) is 0 Å². The first kappa shape index (κ1) is 11.5. The number of fused-ring (bicyclic) bond motifs is 1. The van der Waals surface area contributed by atoms with Crippen LogP contribution in [0.3, 0.4) is 0 Å². The van der Waals surface area contributed by atoms with Crippen LogP contribution in [-0.2, 0) is 13.0 Å². The molecule has 90 valence electrons. The van der Waals surface area contributed by atoms with E-state index in [9.17, 15) is 20.2 Å². The molecule has 0 spiro atoms. The van der Waals surface area contributed by atoms with E-state index in [1.165, 1.54) is 6.07 Å². The number of likely N-dealkylation sites (N-methyl/N-ethyl adjacent to an activating group) is 1. The highest BCUT2D eigenvalue weighted by Gasteiger charge is 2.26. The third-order valence-electron chi connectivity index (χ3n) is 2.89. The minimum absolute atomic E-state index is 0.137. The Morgan fingerprint density at radius 3 is 2.53 bits per heavy atom. The fourth-order valence-electron chi connectivity index (χ4n) is 2.07. The Bertz CT molecular complexity index is 501. The van der Waals surface area contributed by atoms with Crippen molar-refractivity contribution in [1.29, 1.82) is 0 Å². The van der Waals surface area contributed by atoms with Gasteiger partial charge in [0.25, 0.3) is 11.4 Å². The maximum atomic E-state index is 10.9. The van der Waals surface area contributed by atoms with Gasteiger partial charge < -0.3 is 4.90 Å². The minimum Gasteiger partial charge on any atom is -0.302 e. The van der Waals surface area contributed by atoms with E-state index in [1.54, 1.807) is 0 Å². The van der Waals surface area contributed by atoms with Gasteiger partial charge in [-0.3, -0.25) is 20.2 Å². The first-order valence-corrected chi connectivity index (χ1v) is 5.12. The molecule has 7 nitrogen and oxygen atoms in total. The smallest absolute Gasteiger partial charge is 0.279 e. The van der Waals surface area contributed by atoms with Gasteiger partial charge in [0.2, 0.25) is 0 Å². The second-order valence-electron chi connectivity index (χ2n) is 4.10. The van der Waals surface area contributed by atoms with E-state index in [1.807, 2.05) is 11.9 Å². The average Bonchev–Trinajstić information content (AvgIpc) is 2.26. The van der Waals surface area contributed by atoms with Crippen LogP contribution in [0.4, 0.5) is 11.4 Å². The molecule has 1 heterocycles. The van der Waals surface area contributed by atoms with Crippen molar-refractivity contribution in [3.05, 3.63) is 43.5 Å². The summed E-state index contributed by atoms with van der Waals surface area (Å²) in [6, 6.07) is 2.47. The molecule has 0 aromatic heterocycles. The first-order chi connectivity index (χ1) is 7.99. The Morgan fingerprint density at radius 2 is 1.94 bits per heavy atom. The lowest BCUT2D eigenvalue weighted by Crippen LogP contribution is -2.27. The minimum atomic E-state index is -0.595. The standard InChI is InChI=1S/C10H11N3O4/c1-11-3-2-9-7(6-11)4-8(12(14)15)5-10(9)13(16)17/h4-5H,2-3,6H2,1H3. The molecule has 0 saturated carbocycles. The molecule has 0 amide bonds. The van der Waals surface area contributed by atoms with Gasteiger partial charge in [0.05, 0.1) is 15.9 Å². The van der Waals surface area contributed by atoms with Gasteiger partial charge in [-0.15, -0.1) is 0 Å². The lowest BCUT2D eigenvalue weighted by molar-refractivity contribution is -0.394. The molecular formula is C10H11N3O4. The van der Waals surface area contributed by atoms with Crippen LogP contribution in [0.5, 0.6) is 0 Å². The Hall–Kier alpha value is -2.02. The van der Waals surface area contributed by atoms with Crippen LogP contribution < -0.4 is 0 Å². The van der Waals surface area contributed by atoms with E-state index in [0.29, 0.717) is 24.1 Å². The van der Waals surface area contributed by atoms with Crippen molar-refractivity contribution in [3.63, 3.8) is 0 Å². The number of nitrogens with zero attached hydrogens (tertiary/aromatic N) is 3. The molecule has 0 bridgehead atoms. The highest BCUT2D eigenvalue weighted by molar-refractivity contribution is 5.54. The first-order valence-electron chi connectivity index (χ1n) is 5.12. The van der Waals surface area contributed by atoms with Crippen molar-refractivity contribution in [2.24, 2.45) is 0 Å². The molecule has 0 unspecified atom stereocenters. The normalized spacial score (nSPS) is 15.4. The topological polar surface area (TPSA) is 89.5 Å². The van der Waals surface area contributed by atoms with Crippen LogP contribution in [0, 0.1) is 20.2 Å². The lowest BCUT2D eigenvalue weighted by Gasteiger charge is -2.24. The monoisotopic (exact) mass is 237 g/mol. The molecule has 0 saturated heterocycles. The summed E-state index contributed by atoms with van der Waals surface area (Å²) in [5.74, 6) is 0. The summed E-state index contributed by atoms with van der Waals surface area (Å²) in [5, 5.41) is 21.6. The van der Waals surface area contributed by atoms with Gasteiger partial charge in [0.15, 0.2) is 0 Å². The second-order valence-corrected chi connectivity index (χ2v) is 4.10. The highest BCUT2D eigenvalue weighted by Crippen LogP contribution is 2.31. The van der Waals surface area contributed by atoms with Crippen LogP contribution in [0.25, 0.3) is 0 Å². The second kappa shape index (κ2) is 4.10. The van der Waals surface area contributed by atoms with Gasteiger partial charge in [-0.2, -0.15) is 0 Å². The fraction of sp³-hybridized carbons (Fsp3) is 0.400. The summed E-state index contributed by atoms with van der Waals surface area (Å²) in [5.41, 5.74) is 0.950. The Labute approximate surface area is 97.0 Å². The highest BCUT2D eigenvalue weighted by atomic mass is 16.6. The molecule has 1 aliphatic heterocycles. The summed E-state index contributed by atoms with van der Waals surface area (Å²) in [7, 11) is 1.88. The van der Waals surface area contributed by atoms with Crippen molar-refractivity contribution in [1.82, 2.24) is 4.90 Å². The molecule has 0 atom stereocenters. The third-order valence-corrected chi connectivity index (χ3v) is 2.89. The van der Waals surface area contributed by atoms with Crippen LogP contribution in [-0.4, -0.2) is 28.3 Å². The molecule has 1 aromatic carbocycles. The maximum absolute atomic E-state index is 10.9. The number of nitro benzene ring substituents is 2. The summed E-state index contributed by atoms with van der Waals surface area (Å²) in [6.45, 7) is 1.24. The van der Waals surface area contributed by atoms with E-state index in [4.69, 9.17) is 0 Å². The van der Waals surface area contributed by atoms with E-state index >= 15 is 0 Å². The number of benzene rings is 1. The molecule has 0 fully saturated rings. The van der Waals surface area contributed by atoms with Gasteiger partial charge in [-0.05, 0) is 19.0 Å². The lowest BCUT2D eigenvalue weighted by atomic mass is 9.97. The van der Waals surface area contributed by atoms with Gasteiger partial charge in [0.1, 0.15) is 0 Å². The maximum Gasteiger partial charge on any atom is 0.279 e. The molecule has 0 aliphatic carbocycles. The quantitative estimate of drug-likeness (QED) is 0.574. The predicted octanol–water partition coefficient (Wildman–Crippen LogP) is 1.49. The number of hydrogen-bond acceptors (Lipinski definition) is 5. The van der Waals surface area contributed by atoms with E-state index in [2.05, 4.69) is 0 Å². The van der Waals surface area contributed by atoms with E-state index in [-0.39, 0.29) is 11.4 Å². The van der Waals surface area contributed by atoms with Crippen LogP contribution in [0.2, 0.25) is 0 Å². The molecule has 17 heavy (non-hydrogen) atoms. The van der Waals surface area contributed by atoms with Gasteiger partial charge in [-0.1, -0.05) is 0 Å². The summed E-state index contributed by atoms with van der Waals surface area (Å²) in [4.78, 5) is 22.5. The van der Waals surface area contributed by atoms with Crippen molar-refractivity contribution >= 4 is 11.4 Å². The van der Waals surface area contributed by atoms with Gasteiger partial charge in [-0.25, -0.2) is 0 Å². The van der Waals surface area contributed by atoms with Gasteiger partial charge in [0, 0.05) is 24.7 Å². The summed E-state index contributed by atoms with van der Waals surface area (Å²) < 4.78 is 0. The van der Waals surface area contributed by atoms with Crippen molar-refractivity contribution < 1.29 is 9.85 Å². The van der Waals surface area contributed by atoms with Crippen molar-refractivity contribution in [2.45, 2.75) is 13.0 Å². The molecule has 0 N–H and O–H groups in total. The number of hydrogen-bond donors (Lipinski definition) is 0. The third kappa shape index (κ3) is 2.09. The molecular weight excluding hydrogens is 226 g/mol. The largest absolute Gasteiger partial charge is 0.302 e. The molecule has 1 aliphatic rings. The summed E-state index contributed by atoms with van der Waals surface area (Å²) in [6.07, 6.45) is 0.556. The van der Waals surface area contributed by atoms with E-state index in [0.717, 1.165) is 12.6 Å². The zero-order valence-electron chi connectivity index (χ0n) is 9.25. The Kier molecular flexibility index (Phi) is 2.76. The molecule has 1 aromatic rings. The van der Waals surface area contributed by atoms with Crippen LogP contribution in [0.15, 0.2) is 12.1 Å².